The molecule has 17 heavy (non-hydrogen) atoms. The molecule has 1 aromatic carbocycles. The molecule has 0 aromatic heterocycles. The van der Waals surface area contributed by atoms with Gasteiger partial charge >= 0.3 is 0 Å². The van der Waals surface area contributed by atoms with Crippen LogP contribution in [-0.4, -0.2) is 24.9 Å². The van der Waals surface area contributed by atoms with Crippen LogP contribution in [0.1, 0.15) is 31.4 Å². The lowest BCUT2D eigenvalue weighted by Crippen LogP contribution is -2.14. The summed E-state index contributed by atoms with van der Waals surface area (Å²) in [5, 5.41) is 10.3. The van der Waals surface area contributed by atoms with Gasteiger partial charge in [-0.1, -0.05) is 25.1 Å². The molecule has 2 atom stereocenters. The third-order valence-corrected chi connectivity index (χ3v) is 3.11. The zero-order chi connectivity index (χ0) is 12.1. The molecule has 1 heterocycles. The second kappa shape index (κ2) is 6.03. The summed E-state index contributed by atoms with van der Waals surface area (Å²) in [6.07, 6.45) is 1.41. The van der Waals surface area contributed by atoms with E-state index in [0.717, 1.165) is 30.8 Å². The van der Waals surface area contributed by atoms with E-state index in [-0.39, 0.29) is 5.92 Å². The van der Waals surface area contributed by atoms with Crippen molar-refractivity contribution < 1.29 is 14.6 Å². The van der Waals surface area contributed by atoms with Gasteiger partial charge in [0.2, 0.25) is 0 Å². The third-order valence-electron chi connectivity index (χ3n) is 3.11. The van der Waals surface area contributed by atoms with Gasteiger partial charge in [-0.3, -0.25) is 0 Å². The Kier molecular flexibility index (Phi) is 4.40. The monoisotopic (exact) mass is 236 g/mol. The molecule has 3 nitrogen and oxygen atoms in total. The van der Waals surface area contributed by atoms with Gasteiger partial charge in [-0.25, -0.2) is 0 Å². The van der Waals surface area contributed by atoms with Crippen LogP contribution in [0.4, 0.5) is 0 Å². The minimum absolute atomic E-state index is 0.196. The van der Waals surface area contributed by atoms with Crippen LogP contribution in [-0.2, 0) is 4.74 Å². The Morgan fingerprint density at radius 2 is 2.29 bits per heavy atom. The zero-order valence-corrected chi connectivity index (χ0v) is 10.3. The summed E-state index contributed by atoms with van der Waals surface area (Å²) in [6, 6.07) is 7.73. The van der Waals surface area contributed by atoms with E-state index >= 15 is 0 Å². The van der Waals surface area contributed by atoms with Crippen molar-refractivity contribution in [1.29, 1.82) is 0 Å². The van der Waals surface area contributed by atoms with Gasteiger partial charge in [0.25, 0.3) is 0 Å². The van der Waals surface area contributed by atoms with Crippen molar-refractivity contribution in [1.82, 2.24) is 0 Å². The molecule has 1 N–H and O–H groups in total. The molecule has 1 aromatic rings. The van der Waals surface area contributed by atoms with Crippen LogP contribution in [0.3, 0.4) is 0 Å². The van der Waals surface area contributed by atoms with E-state index in [1.165, 1.54) is 0 Å². The minimum Gasteiger partial charge on any atom is -0.493 e. The second-order valence-electron chi connectivity index (χ2n) is 4.45. The Labute approximate surface area is 102 Å². The maximum atomic E-state index is 10.3. The average molecular weight is 236 g/mol. The second-order valence-corrected chi connectivity index (χ2v) is 4.45. The van der Waals surface area contributed by atoms with E-state index in [4.69, 9.17) is 9.47 Å². The molecule has 0 bridgehead atoms. The highest BCUT2D eigenvalue weighted by Gasteiger charge is 2.27. The lowest BCUT2D eigenvalue weighted by Gasteiger charge is -2.20. The normalized spacial score (nSPS) is 21.4. The van der Waals surface area contributed by atoms with Crippen LogP contribution in [0.25, 0.3) is 0 Å². The van der Waals surface area contributed by atoms with Crippen molar-refractivity contribution in [2.75, 3.05) is 19.8 Å². The highest BCUT2D eigenvalue weighted by atomic mass is 16.5. The lowest BCUT2D eigenvalue weighted by atomic mass is 9.94. The molecule has 0 radical (unpaired) electrons. The fourth-order valence-electron chi connectivity index (χ4n) is 2.12. The van der Waals surface area contributed by atoms with Gasteiger partial charge in [-0.15, -0.1) is 0 Å². The standard InChI is InChI=1S/C14H20O3/c1-2-8-17-13-6-4-3-5-12(13)14(15)11-7-9-16-10-11/h3-6,11,14-15H,2,7-10H2,1H3. The van der Waals surface area contributed by atoms with Crippen molar-refractivity contribution in [3.8, 4) is 5.75 Å². The summed E-state index contributed by atoms with van der Waals surface area (Å²) in [5.74, 6) is 0.995. The van der Waals surface area contributed by atoms with Crippen molar-refractivity contribution in [2.24, 2.45) is 5.92 Å². The van der Waals surface area contributed by atoms with E-state index in [1.54, 1.807) is 0 Å². The van der Waals surface area contributed by atoms with Gasteiger partial charge in [0.15, 0.2) is 0 Å². The molecule has 2 rings (SSSR count). The van der Waals surface area contributed by atoms with Crippen molar-refractivity contribution in [3.05, 3.63) is 29.8 Å². The highest BCUT2D eigenvalue weighted by molar-refractivity contribution is 5.35. The smallest absolute Gasteiger partial charge is 0.125 e. The molecule has 94 valence electrons. The largest absolute Gasteiger partial charge is 0.493 e. The number of benzene rings is 1. The molecular weight excluding hydrogens is 216 g/mol. The van der Waals surface area contributed by atoms with Gasteiger partial charge in [0, 0.05) is 18.1 Å². The van der Waals surface area contributed by atoms with Crippen molar-refractivity contribution in [3.63, 3.8) is 0 Å². The first kappa shape index (κ1) is 12.4. The van der Waals surface area contributed by atoms with Gasteiger partial charge in [0.1, 0.15) is 5.75 Å². The molecule has 0 amide bonds. The molecule has 1 saturated heterocycles. The number of ether oxygens (including phenoxy) is 2. The molecular formula is C14H20O3. The molecule has 0 aliphatic carbocycles. The van der Waals surface area contributed by atoms with E-state index in [9.17, 15) is 5.11 Å². The predicted molar refractivity (Wildman–Crippen MR) is 66.1 cm³/mol. The average Bonchev–Trinajstić information content (AvgIpc) is 2.89. The fraction of sp³-hybridized carbons (Fsp3) is 0.571. The summed E-state index contributed by atoms with van der Waals surface area (Å²) in [7, 11) is 0. The summed E-state index contributed by atoms with van der Waals surface area (Å²) in [6.45, 7) is 4.15. The van der Waals surface area contributed by atoms with Crippen molar-refractivity contribution >= 4 is 0 Å². The summed E-state index contributed by atoms with van der Waals surface area (Å²) < 4.78 is 11.0. The summed E-state index contributed by atoms with van der Waals surface area (Å²) in [4.78, 5) is 0. The first-order chi connectivity index (χ1) is 8.33. The lowest BCUT2D eigenvalue weighted by molar-refractivity contribution is 0.0889. The van der Waals surface area contributed by atoms with Crippen molar-refractivity contribution in [2.45, 2.75) is 25.9 Å². The maximum absolute atomic E-state index is 10.3. The number of hydrogen-bond acceptors (Lipinski definition) is 3. The Hall–Kier alpha value is -1.06. The Balaban J connectivity index is 2.12. The summed E-state index contributed by atoms with van der Waals surface area (Å²) >= 11 is 0. The Morgan fingerprint density at radius 1 is 1.47 bits per heavy atom. The third kappa shape index (κ3) is 2.99. The number of rotatable bonds is 5. The Morgan fingerprint density at radius 3 is 3.00 bits per heavy atom. The molecule has 1 aliphatic heterocycles. The van der Waals surface area contributed by atoms with Gasteiger partial charge < -0.3 is 14.6 Å². The molecule has 2 unspecified atom stereocenters. The first-order valence-corrected chi connectivity index (χ1v) is 6.30. The van der Waals surface area contributed by atoms with E-state index in [2.05, 4.69) is 6.92 Å². The molecule has 1 aliphatic rings. The Bertz CT molecular complexity index is 345. The summed E-state index contributed by atoms with van der Waals surface area (Å²) in [5.41, 5.74) is 0.886. The van der Waals surface area contributed by atoms with Gasteiger partial charge in [0.05, 0.1) is 19.3 Å². The van der Waals surface area contributed by atoms with Gasteiger partial charge in [-0.05, 0) is 18.9 Å². The molecule has 1 fully saturated rings. The number of aliphatic hydroxyl groups excluding tert-OH is 1. The zero-order valence-electron chi connectivity index (χ0n) is 10.3. The fourth-order valence-corrected chi connectivity index (χ4v) is 2.12. The van der Waals surface area contributed by atoms with E-state index in [0.29, 0.717) is 13.2 Å². The quantitative estimate of drug-likeness (QED) is 0.854. The molecule has 0 saturated carbocycles. The first-order valence-electron chi connectivity index (χ1n) is 6.30. The molecule has 0 spiro atoms. The maximum Gasteiger partial charge on any atom is 0.125 e. The van der Waals surface area contributed by atoms with Crippen LogP contribution in [0.2, 0.25) is 0 Å². The topological polar surface area (TPSA) is 38.7 Å². The molecule has 3 heteroatoms. The van der Waals surface area contributed by atoms with Gasteiger partial charge in [-0.2, -0.15) is 0 Å². The number of aliphatic hydroxyl groups is 1. The van der Waals surface area contributed by atoms with Crippen LogP contribution >= 0.6 is 0 Å². The predicted octanol–water partition coefficient (Wildman–Crippen LogP) is 2.55. The highest BCUT2D eigenvalue weighted by Crippen LogP contribution is 2.33. The SMILES string of the molecule is CCCOc1ccccc1C(O)C1CCOC1. The van der Waals surface area contributed by atoms with Crippen LogP contribution in [0, 0.1) is 5.92 Å². The van der Waals surface area contributed by atoms with Crippen LogP contribution < -0.4 is 4.74 Å². The number of hydrogen-bond donors (Lipinski definition) is 1. The van der Waals surface area contributed by atoms with Crippen LogP contribution in [0.15, 0.2) is 24.3 Å². The number of para-hydroxylation sites is 1. The van der Waals surface area contributed by atoms with E-state index in [1.807, 2.05) is 24.3 Å². The van der Waals surface area contributed by atoms with Crippen LogP contribution in [0.5, 0.6) is 5.75 Å². The minimum atomic E-state index is -0.481. The van der Waals surface area contributed by atoms with E-state index < -0.39 is 6.10 Å².